The Morgan fingerprint density at radius 1 is 1.21 bits per heavy atom. The Labute approximate surface area is 140 Å². The zero-order valence-electron chi connectivity index (χ0n) is 13.6. The lowest BCUT2D eigenvalue weighted by molar-refractivity contribution is 0.390. The number of aromatic nitrogens is 3. The predicted octanol–water partition coefficient (Wildman–Crippen LogP) is 2.26. The molecule has 1 N–H and O–H groups in total. The van der Waals surface area contributed by atoms with Crippen molar-refractivity contribution in [2.75, 3.05) is 0 Å². The fraction of sp³-hybridized carbons (Fsp3) is 0.250. The number of hydrogen-bond acceptors (Lipinski definition) is 5. The number of para-hydroxylation sites is 1. The smallest absolute Gasteiger partial charge is 0.246 e. The summed E-state index contributed by atoms with van der Waals surface area (Å²) in [5.74, 6) is 1.11. The lowest BCUT2D eigenvalue weighted by Gasteiger charge is -2.12. The van der Waals surface area contributed by atoms with Gasteiger partial charge in [-0.3, -0.25) is 0 Å². The van der Waals surface area contributed by atoms with Crippen molar-refractivity contribution in [3.8, 4) is 5.69 Å². The molecule has 0 atom stereocenters. The van der Waals surface area contributed by atoms with Gasteiger partial charge in [0, 0.05) is 18.9 Å². The Morgan fingerprint density at radius 3 is 2.58 bits per heavy atom. The van der Waals surface area contributed by atoms with Crippen LogP contribution < -0.4 is 4.72 Å². The van der Waals surface area contributed by atoms with Crippen LogP contribution >= 0.6 is 0 Å². The molecule has 3 rings (SSSR count). The molecule has 7 nitrogen and oxygen atoms in total. The van der Waals surface area contributed by atoms with E-state index in [1.54, 1.807) is 20.0 Å². The maximum atomic E-state index is 12.5. The molecule has 0 saturated heterocycles. The fourth-order valence-corrected chi connectivity index (χ4v) is 3.96. The first-order valence-electron chi connectivity index (χ1n) is 7.41. The molecule has 0 radical (unpaired) electrons. The topological polar surface area (TPSA) is 90.0 Å². The molecule has 1 aromatic carbocycles. The van der Waals surface area contributed by atoms with Crippen LogP contribution in [0.15, 0.2) is 46.1 Å². The molecule has 0 fully saturated rings. The summed E-state index contributed by atoms with van der Waals surface area (Å²) < 4.78 is 34.6. The van der Waals surface area contributed by atoms with Crippen molar-refractivity contribution >= 4 is 10.0 Å². The zero-order valence-corrected chi connectivity index (χ0v) is 14.5. The van der Waals surface area contributed by atoms with Crippen molar-refractivity contribution in [3.05, 3.63) is 59.5 Å². The molecule has 2 aromatic heterocycles. The first-order valence-corrected chi connectivity index (χ1v) is 8.89. The van der Waals surface area contributed by atoms with Gasteiger partial charge in [-0.1, -0.05) is 23.4 Å². The largest absolute Gasteiger partial charge is 0.360 e. The van der Waals surface area contributed by atoms with E-state index in [0.717, 1.165) is 17.1 Å². The van der Waals surface area contributed by atoms with Gasteiger partial charge in [-0.25, -0.2) is 18.1 Å². The number of rotatable bonds is 5. The number of hydrogen-bond donors (Lipinski definition) is 1. The molecule has 8 heteroatoms. The third kappa shape index (κ3) is 2.98. The van der Waals surface area contributed by atoms with Crippen LogP contribution in [0, 0.1) is 20.8 Å². The van der Waals surface area contributed by atoms with E-state index in [9.17, 15) is 8.42 Å². The Kier molecular flexibility index (Phi) is 4.25. The van der Waals surface area contributed by atoms with Gasteiger partial charge in [0.2, 0.25) is 10.0 Å². The van der Waals surface area contributed by atoms with Crippen LogP contribution in [-0.2, 0) is 16.6 Å². The summed E-state index contributed by atoms with van der Waals surface area (Å²) in [6, 6.07) is 7.58. The second kappa shape index (κ2) is 6.21. The molecule has 0 saturated carbocycles. The second-order valence-electron chi connectivity index (χ2n) is 5.45. The molecular weight excluding hydrogens is 328 g/mol. The van der Waals surface area contributed by atoms with E-state index in [2.05, 4.69) is 14.9 Å². The van der Waals surface area contributed by atoms with Crippen LogP contribution in [0.25, 0.3) is 5.69 Å². The van der Waals surface area contributed by atoms with Gasteiger partial charge in [0.05, 0.1) is 5.69 Å². The van der Waals surface area contributed by atoms with Crippen molar-refractivity contribution in [2.45, 2.75) is 32.2 Å². The maximum Gasteiger partial charge on any atom is 0.246 e. The fourth-order valence-electron chi connectivity index (χ4n) is 2.63. The second-order valence-corrected chi connectivity index (χ2v) is 7.15. The summed E-state index contributed by atoms with van der Waals surface area (Å²) in [7, 11) is -3.70. The highest BCUT2D eigenvalue weighted by Crippen LogP contribution is 2.20. The van der Waals surface area contributed by atoms with Crippen molar-refractivity contribution in [3.63, 3.8) is 0 Å². The normalized spacial score (nSPS) is 11.8. The van der Waals surface area contributed by atoms with Gasteiger partial charge in [0.25, 0.3) is 0 Å². The zero-order chi connectivity index (χ0) is 17.3. The van der Waals surface area contributed by atoms with E-state index >= 15 is 0 Å². The molecule has 0 unspecified atom stereocenters. The first kappa shape index (κ1) is 16.4. The monoisotopic (exact) mass is 346 g/mol. The van der Waals surface area contributed by atoms with Gasteiger partial charge >= 0.3 is 0 Å². The van der Waals surface area contributed by atoms with Gasteiger partial charge in [0.15, 0.2) is 5.76 Å². The van der Waals surface area contributed by atoms with Crippen LogP contribution in [0.5, 0.6) is 0 Å². The van der Waals surface area contributed by atoms with Gasteiger partial charge in [-0.05, 0) is 32.4 Å². The highest BCUT2D eigenvalue weighted by atomic mass is 32.2. The molecule has 0 aliphatic carbocycles. The lowest BCUT2D eigenvalue weighted by atomic mass is 10.2. The van der Waals surface area contributed by atoms with Gasteiger partial charge < -0.3 is 9.09 Å². The van der Waals surface area contributed by atoms with Crippen LogP contribution in [0.2, 0.25) is 0 Å². The molecule has 3 aromatic rings. The highest BCUT2D eigenvalue weighted by Gasteiger charge is 2.24. The van der Waals surface area contributed by atoms with Crippen LogP contribution in [0.4, 0.5) is 0 Å². The molecule has 0 bridgehead atoms. The molecule has 2 heterocycles. The van der Waals surface area contributed by atoms with Crippen molar-refractivity contribution in [1.29, 1.82) is 0 Å². The summed E-state index contributed by atoms with van der Waals surface area (Å²) in [4.78, 5) is 4.31. The van der Waals surface area contributed by atoms with Gasteiger partial charge in [-0.2, -0.15) is 0 Å². The minimum absolute atomic E-state index is 0.0961. The SMILES string of the molecule is Cc1noc(C)c1S(=O)(=O)NCc1ccccc1-n1ccnc1C. The summed E-state index contributed by atoms with van der Waals surface area (Å²) >= 11 is 0. The van der Waals surface area contributed by atoms with Gasteiger partial charge in [0.1, 0.15) is 16.4 Å². The van der Waals surface area contributed by atoms with E-state index < -0.39 is 10.0 Å². The van der Waals surface area contributed by atoms with Crippen molar-refractivity contribution < 1.29 is 12.9 Å². The minimum atomic E-state index is -3.70. The molecule has 126 valence electrons. The predicted molar refractivity (Wildman–Crippen MR) is 88.3 cm³/mol. The average Bonchev–Trinajstić information content (AvgIpc) is 3.11. The van der Waals surface area contributed by atoms with Crippen molar-refractivity contribution in [2.24, 2.45) is 0 Å². The standard InChI is InChI=1S/C16H18N4O3S/c1-11-16(12(2)23-19-11)24(21,22)18-10-14-6-4-5-7-15(14)20-9-8-17-13(20)3/h4-9,18H,10H2,1-3H3. The van der Waals surface area contributed by atoms with E-state index in [1.807, 2.05) is 42.0 Å². The maximum absolute atomic E-state index is 12.5. The Balaban J connectivity index is 1.90. The number of aryl methyl sites for hydroxylation is 3. The summed E-state index contributed by atoms with van der Waals surface area (Å²) in [5.41, 5.74) is 2.07. The first-order chi connectivity index (χ1) is 11.4. The van der Waals surface area contributed by atoms with E-state index in [4.69, 9.17) is 4.52 Å². The summed E-state index contributed by atoms with van der Waals surface area (Å²) in [6.07, 6.45) is 3.55. The molecule has 0 aliphatic heterocycles. The molecule has 0 amide bonds. The van der Waals surface area contributed by atoms with Crippen molar-refractivity contribution in [1.82, 2.24) is 19.4 Å². The van der Waals surface area contributed by atoms with E-state index in [-0.39, 0.29) is 17.2 Å². The quantitative estimate of drug-likeness (QED) is 0.765. The highest BCUT2D eigenvalue weighted by molar-refractivity contribution is 7.89. The molecule has 0 spiro atoms. The van der Waals surface area contributed by atoms with E-state index in [0.29, 0.717) is 5.69 Å². The lowest BCUT2D eigenvalue weighted by Crippen LogP contribution is -2.24. The van der Waals surface area contributed by atoms with Crippen LogP contribution in [0.1, 0.15) is 22.8 Å². The van der Waals surface area contributed by atoms with Gasteiger partial charge in [-0.15, -0.1) is 0 Å². The van der Waals surface area contributed by atoms with E-state index in [1.165, 1.54) is 0 Å². The number of nitrogens with zero attached hydrogens (tertiary/aromatic N) is 3. The summed E-state index contributed by atoms with van der Waals surface area (Å²) in [6.45, 7) is 5.23. The minimum Gasteiger partial charge on any atom is -0.360 e. The number of benzene rings is 1. The van der Waals surface area contributed by atoms with Crippen LogP contribution in [0.3, 0.4) is 0 Å². The number of imidazole rings is 1. The number of nitrogens with one attached hydrogen (secondary N) is 1. The Bertz CT molecular complexity index is 953. The molecule has 0 aliphatic rings. The summed E-state index contributed by atoms with van der Waals surface area (Å²) in [5, 5.41) is 3.70. The molecule has 24 heavy (non-hydrogen) atoms. The molecular formula is C16H18N4O3S. The Hall–Kier alpha value is -2.45. The van der Waals surface area contributed by atoms with Crippen LogP contribution in [-0.4, -0.2) is 23.1 Å². The Morgan fingerprint density at radius 2 is 1.96 bits per heavy atom. The third-order valence-corrected chi connectivity index (χ3v) is 5.41. The third-order valence-electron chi connectivity index (χ3n) is 3.77. The average molecular weight is 346 g/mol. The number of sulfonamides is 1.